The molecule has 4 nitrogen and oxygen atoms in total. The third-order valence-electron chi connectivity index (χ3n) is 1.66. The minimum Gasteiger partial charge on any atom is -0.346 e. The summed E-state index contributed by atoms with van der Waals surface area (Å²) < 4.78 is 0. The van der Waals surface area contributed by atoms with Crippen LogP contribution in [0.2, 0.25) is 0 Å². The summed E-state index contributed by atoms with van der Waals surface area (Å²) in [4.78, 5) is 19.5. The summed E-state index contributed by atoms with van der Waals surface area (Å²) in [7, 11) is 1.76. The Bertz CT molecular complexity index is 278. The largest absolute Gasteiger partial charge is 0.346 e. The molecular formula is C6H7N3O. The Morgan fingerprint density at radius 3 is 3.30 bits per heavy atom. The zero-order chi connectivity index (χ0) is 7.14. The molecule has 0 atom stereocenters. The van der Waals surface area contributed by atoms with Crippen LogP contribution >= 0.6 is 0 Å². The first kappa shape index (κ1) is 5.46. The van der Waals surface area contributed by atoms with Gasteiger partial charge in [-0.1, -0.05) is 0 Å². The molecule has 1 aliphatic heterocycles. The predicted octanol–water partition coefficient (Wildman–Crippen LogP) is -0.00470. The first-order valence-corrected chi connectivity index (χ1v) is 3.07. The Labute approximate surface area is 57.9 Å². The molecule has 0 aromatic carbocycles. The van der Waals surface area contributed by atoms with Gasteiger partial charge in [-0.3, -0.25) is 4.79 Å². The summed E-state index contributed by atoms with van der Waals surface area (Å²) in [5.74, 6) is 0.0104. The Kier molecular flexibility index (Phi) is 0.869. The molecule has 4 heteroatoms. The summed E-state index contributed by atoms with van der Waals surface area (Å²) in [5, 5.41) is 0. The van der Waals surface area contributed by atoms with E-state index in [4.69, 9.17) is 0 Å². The standard InChI is InChI=1S/C6H7N3O/c1-9-2-4-5(6(9)10)8-3-7-4/h3H,2H2,1H3,(H,7,8). The maximum absolute atomic E-state index is 11.1. The molecule has 2 heterocycles. The van der Waals surface area contributed by atoms with Crippen LogP contribution in [0, 0.1) is 0 Å². The number of nitrogens with zero attached hydrogens (tertiary/aromatic N) is 2. The van der Waals surface area contributed by atoms with Gasteiger partial charge < -0.3 is 9.88 Å². The number of hydrogen-bond donors (Lipinski definition) is 1. The molecule has 1 aromatic heterocycles. The topological polar surface area (TPSA) is 49.0 Å². The third-order valence-corrected chi connectivity index (χ3v) is 1.66. The highest BCUT2D eigenvalue weighted by Crippen LogP contribution is 2.15. The number of hydrogen-bond acceptors (Lipinski definition) is 2. The van der Waals surface area contributed by atoms with Gasteiger partial charge in [-0.05, 0) is 0 Å². The minimum atomic E-state index is 0.0104. The fraction of sp³-hybridized carbons (Fsp3) is 0.333. The molecule has 0 saturated carbocycles. The van der Waals surface area contributed by atoms with E-state index in [0.717, 1.165) is 5.69 Å². The van der Waals surface area contributed by atoms with Crippen molar-refractivity contribution in [2.24, 2.45) is 0 Å². The van der Waals surface area contributed by atoms with Crippen molar-refractivity contribution in [3.8, 4) is 0 Å². The highest BCUT2D eigenvalue weighted by molar-refractivity contribution is 5.95. The van der Waals surface area contributed by atoms with Gasteiger partial charge in [0.1, 0.15) is 0 Å². The van der Waals surface area contributed by atoms with Crippen molar-refractivity contribution in [2.75, 3.05) is 7.05 Å². The summed E-state index contributed by atoms with van der Waals surface area (Å²) >= 11 is 0. The van der Waals surface area contributed by atoms with E-state index >= 15 is 0 Å². The van der Waals surface area contributed by atoms with E-state index in [1.165, 1.54) is 0 Å². The lowest BCUT2D eigenvalue weighted by Crippen LogP contribution is -2.18. The quantitative estimate of drug-likeness (QED) is 0.547. The summed E-state index contributed by atoms with van der Waals surface area (Å²) in [5.41, 5.74) is 1.50. The van der Waals surface area contributed by atoms with Crippen molar-refractivity contribution >= 4 is 5.91 Å². The molecule has 10 heavy (non-hydrogen) atoms. The SMILES string of the molecule is CN1Cc2[nH]cnc2C1=O. The van der Waals surface area contributed by atoms with Gasteiger partial charge in [0.05, 0.1) is 18.6 Å². The lowest BCUT2D eigenvalue weighted by atomic mass is 10.4. The van der Waals surface area contributed by atoms with Crippen LogP contribution in [-0.4, -0.2) is 27.8 Å². The number of imidazole rings is 1. The average molecular weight is 137 g/mol. The van der Waals surface area contributed by atoms with E-state index in [9.17, 15) is 4.79 Å². The van der Waals surface area contributed by atoms with Crippen LogP contribution in [0.25, 0.3) is 0 Å². The molecule has 1 N–H and O–H groups in total. The highest BCUT2D eigenvalue weighted by Gasteiger charge is 2.26. The Balaban J connectivity index is 2.53. The van der Waals surface area contributed by atoms with E-state index in [0.29, 0.717) is 12.2 Å². The smallest absolute Gasteiger partial charge is 0.274 e. The zero-order valence-electron chi connectivity index (χ0n) is 5.59. The second-order valence-electron chi connectivity index (χ2n) is 2.39. The van der Waals surface area contributed by atoms with Gasteiger partial charge in [-0.25, -0.2) is 4.98 Å². The van der Waals surface area contributed by atoms with E-state index in [1.54, 1.807) is 18.3 Å². The van der Waals surface area contributed by atoms with Crippen LogP contribution in [0.15, 0.2) is 6.33 Å². The molecule has 52 valence electrons. The third kappa shape index (κ3) is 0.504. The number of fused-ring (bicyclic) bond motifs is 1. The molecule has 2 rings (SSSR count). The second kappa shape index (κ2) is 1.59. The van der Waals surface area contributed by atoms with E-state index in [-0.39, 0.29) is 5.91 Å². The average Bonchev–Trinajstić information content (AvgIpc) is 2.41. The minimum absolute atomic E-state index is 0.0104. The van der Waals surface area contributed by atoms with Gasteiger partial charge in [0, 0.05) is 7.05 Å². The monoisotopic (exact) mass is 137 g/mol. The number of H-pyrrole nitrogens is 1. The fourth-order valence-electron chi connectivity index (χ4n) is 1.12. The van der Waals surface area contributed by atoms with Gasteiger partial charge in [-0.15, -0.1) is 0 Å². The van der Waals surface area contributed by atoms with Crippen LogP contribution in [0.4, 0.5) is 0 Å². The van der Waals surface area contributed by atoms with Crippen molar-refractivity contribution < 1.29 is 4.79 Å². The van der Waals surface area contributed by atoms with Gasteiger partial charge >= 0.3 is 0 Å². The number of aromatic amines is 1. The number of carbonyl (C=O) groups excluding carboxylic acids is 1. The summed E-state index contributed by atoms with van der Waals surface area (Å²) in [6, 6.07) is 0. The number of carbonyl (C=O) groups is 1. The van der Waals surface area contributed by atoms with Crippen LogP contribution in [0.1, 0.15) is 16.2 Å². The van der Waals surface area contributed by atoms with Gasteiger partial charge in [0.2, 0.25) is 0 Å². The number of nitrogens with one attached hydrogen (secondary N) is 1. The number of rotatable bonds is 0. The van der Waals surface area contributed by atoms with E-state index in [2.05, 4.69) is 9.97 Å². The maximum Gasteiger partial charge on any atom is 0.274 e. The first-order chi connectivity index (χ1) is 4.79. The summed E-state index contributed by atoms with van der Waals surface area (Å²) in [6.45, 7) is 0.661. The molecular weight excluding hydrogens is 130 g/mol. The number of aromatic nitrogens is 2. The number of amides is 1. The molecule has 0 aliphatic carbocycles. The first-order valence-electron chi connectivity index (χ1n) is 3.07. The van der Waals surface area contributed by atoms with Crippen LogP contribution in [-0.2, 0) is 6.54 Å². The van der Waals surface area contributed by atoms with Crippen molar-refractivity contribution in [3.05, 3.63) is 17.7 Å². The fourth-order valence-corrected chi connectivity index (χ4v) is 1.12. The Morgan fingerprint density at radius 1 is 1.80 bits per heavy atom. The lowest BCUT2D eigenvalue weighted by Gasteiger charge is -2.04. The Hall–Kier alpha value is -1.32. The zero-order valence-corrected chi connectivity index (χ0v) is 5.59. The van der Waals surface area contributed by atoms with Gasteiger partial charge in [0.25, 0.3) is 5.91 Å². The second-order valence-corrected chi connectivity index (χ2v) is 2.39. The maximum atomic E-state index is 11.1. The molecule has 0 saturated heterocycles. The summed E-state index contributed by atoms with van der Waals surface area (Å²) in [6.07, 6.45) is 1.55. The molecule has 1 amide bonds. The molecule has 1 aromatic rings. The van der Waals surface area contributed by atoms with Crippen molar-refractivity contribution in [2.45, 2.75) is 6.54 Å². The van der Waals surface area contributed by atoms with Crippen molar-refractivity contribution in [1.82, 2.24) is 14.9 Å². The normalized spacial score (nSPS) is 16.1. The molecule has 0 unspecified atom stereocenters. The lowest BCUT2D eigenvalue weighted by molar-refractivity contribution is 0.0811. The predicted molar refractivity (Wildman–Crippen MR) is 34.4 cm³/mol. The van der Waals surface area contributed by atoms with E-state index in [1.807, 2.05) is 0 Å². The highest BCUT2D eigenvalue weighted by atomic mass is 16.2. The van der Waals surface area contributed by atoms with Crippen molar-refractivity contribution in [1.29, 1.82) is 0 Å². The molecule has 1 aliphatic rings. The van der Waals surface area contributed by atoms with Crippen LogP contribution < -0.4 is 0 Å². The van der Waals surface area contributed by atoms with Crippen LogP contribution in [0.5, 0.6) is 0 Å². The molecule has 0 fully saturated rings. The van der Waals surface area contributed by atoms with Gasteiger partial charge in [0.15, 0.2) is 5.69 Å². The molecule has 0 spiro atoms. The van der Waals surface area contributed by atoms with E-state index < -0.39 is 0 Å². The Morgan fingerprint density at radius 2 is 2.60 bits per heavy atom. The molecule has 0 radical (unpaired) electrons. The van der Waals surface area contributed by atoms with Crippen molar-refractivity contribution in [3.63, 3.8) is 0 Å². The van der Waals surface area contributed by atoms with Crippen LogP contribution in [0.3, 0.4) is 0 Å². The van der Waals surface area contributed by atoms with Gasteiger partial charge in [-0.2, -0.15) is 0 Å². The molecule has 0 bridgehead atoms.